The van der Waals surface area contributed by atoms with Gasteiger partial charge in [0.05, 0.1) is 10.8 Å². The number of hydrogen-bond acceptors (Lipinski definition) is 5. The molecule has 6 heteroatoms. The van der Waals surface area contributed by atoms with Gasteiger partial charge in [0, 0.05) is 11.8 Å². The van der Waals surface area contributed by atoms with Crippen molar-refractivity contribution in [3.63, 3.8) is 0 Å². The van der Waals surface area contributed by atoms with Gasteiger partial charge in [-0.1, -0.05) is 74.5 Å². The van der Waals surface area contributed by atoms with Gasteiger partial charge in [-0.15, -0.1) is 0 Å². The number of ether oxygens (including phenoxy) is 1. The van der Waals surface area contributed by atoms with E-state index in [0.29, 0.717) is 23.3 Å². The Balaban J connectivity index is 1.42. The van der Waals surface area contributed by atoms with E-state index < -0.39 is 10.1 Å². The SMILES string of the molecule is Cc1cc(S(=O)(=O)[O-])c(C(C)C)cc1OC(=O)C1CC2c3ccccc3C1c1cc3ccccc3cc12. The molecule has 0 saturated carbocycles. The Morgan fingerprint density at radius 2 is 1.51 bits per heavy atom. The predicted molar refractivity (Wildman–Crippen MR) is 141 cm³/mol. The third-order valence-corrected chi connectivity index (χ3v) is 8.86. The van der Waals surface area contributed by atoms with Crippen LogP contribution < -0.4 is 4.74 Å². The topological polar surface area (TPSA) is 83.5 Å². The molecule has 0 heterocycles. The molecule has 0 fully saturated rings. The van der Waals surface area contributed by atoms with Crippen LogP contribution in [0.5, 0.6) is 5.75 Å². The molecule has 3 atom stereocenters. The van der Waals surface area contributed by atoms with E-state index in [4.69, 9.17) is 4.74 Å². The van der Waals surface area contributed by atoms with Crippen molar-refractivity contribution in [2.24, 2.45) is 5.92 Å². The molecule has 188 valence electrons. The molecule has 3 aliphatic carbocycles. The summed E-state index contributed by atoms with van der Waals surface area (Å²) in [6, 6.07) is 24.0. The van der Waals surface area contributed by atoms with Crippen molar-refractivity contribution in [2.45, 2.75) is 49.8 Å². The highest BCUT2D eigenvalue weighted by molar-refractivity contribution is 7.85. The van der Waals surface area contributed by atoms with Crippen molar-refractivity contribution >= 4 is 26.9 Å². The number of rotatable bonds is 4. The first-order valence-corrected chi connectivity index (χ1v) is 14.0. The average Bonchev–Trinajstić information content (AvgIpc) is 2.87. The van der Waals surface area contributed by atoms with Gasteiger partial charge in [0.1, 0.15) is 15.9 Å². The Bertz CT molecular complexity index is 1690. The quantitative estimate of drug-likeness (QED) is 0.180. The van der Waals surface area contributed by atoms with Crippen molar-refractivity contribution < 1.29 is 22.5 Å². The number of benzene rings is 4. The van der Waals surface area contributed by atoms with Gasteiger partial charge in [0.25, 0.3) is 0 Å². The van der Waals surface area contributed by atoms with E-state index in [1.54, 1.807) is 13.0 Å². The zero-order valence-corrected chi connectivity index (χ0v) is 21.7. The average molecular weight is 512 g/mol. The fourth-order valence-electron chi connectivity index (χ4n) is 6.24. The summed E-state index contributed by atoms with van der Waals surface area (Å²) < 4.78 is 41.5. The smallest absolute Gasteiger partial charge is 0.315 e. The Kier molecular flexibility index (Phi) is 5.51. The van der Waals surface area contributed by atoms with E-state index in [1.165, 1.54) is 28.1 Å². The van der Waals surface area contributed by atoms with Gasteiger partial charge in [0.15, 0.2) is 0 Å². The molecule has 3 aliphatic rings. The second-order valence-electron chi connectivity index (χ2n) is 10.5. The van der Waals surface area contributed by atoms with Gasteiger partial charge in [-0.05, 0) is 75.5 Å². The molecule has 4 aromatic rings. The zero-order chi connectivity index (χ0) is 26.1. The van der Waals surface area contributed by atoms with Crippen LogP contribution in [0.15, 0.2) is 77.7 Å². The highest BCUT2D eigenvalue weighted by Crippen LogP contribution is 2.56. The van der Waals surface area contributed by atoms with E-state index in [1.807, 2.05) is 32.0 Å². The highest BCUT2D eigenvalue weighted by atomic mass is 32.2. The molecule has 0 aromatic heterocycles. The summed E-state index contributed by atoms with van der Waals surface area (Å²) in [5.74, 6) is -0.667. The first-order chi connectivity index (χ1) is 17.6. The van der Waals surface area contributed by atoms with Crippen LogP contribution >= 0.6 is 0 Å². The van der Waals surface area contributed by atoms with Crippen molar-refractivity contribution in [3.05, 3.63) is 106 Å². The predicted octanol–water partition coefficient (Wildman–Crippen LogP) is 6.38. The number of esters is 1. The summed E-state index contributed by atoms with van der Waals surface area (Å²) in [4.78, 5) is 13.5. The third kappa shape index (κ3) is 3.87. The maximum atomic E-state index is 13.8. The van der Waals surface area contributed by atoms with E-state index in [0.717, 1.165) is 10.9 Å². The fraction of sp³-hybridized carbons (Fsp3) is 0.258. The van der Waals surface area contributed by atoms with Crippen LogP contribution in [0.4, 0.5) is 0 Å². The fourth-order valence-corrected chi connectivity index (χ4v) is 7.15. The van der Waals surface area contributed by atoms with Gasteiger partial charge < -0.3 is 9.29 Å². The normalized spacial score (nSPS) is 20.1. The first-order valence-electron chi connectivity index (χ1n) is 12.6. The van der Waals surface area contributed by atoms with Gasteiger partial charge in [-0.2, -0.15) is 0 Å². The van der Waals surface area contributed by atoms with Crippen LogP contribution in [0, 0.1) is 12.8 Å². The third-order valence-electron chi connectivity index (χ3n) is 7.97. The highest BCUT2D eigenvalue weighted by Gasteiger charge is 2.47. The number of carbonyl (C=O) groups excluding carboxylic acids is 1. The summed E-state index contributed by atoms with van der Waals surface area (Å²) in [5.41, 5.74) is 5.67. The minimum absolute atomic E-state index is 0.0960. The Morgan fingerprint density at radius 1 is 0.892 bits per heavy atom. The Morgan fingerprint density at radius 3 is 2.16 bits per heavy atom. The lowest BCUT2D eigenvalue weighted by atomic mass is 9.59. The number of fused-ring (bicyclic) bond motifs is 2. The molecule has 0 spiro atoms. The van der Waals surface area contributed by atoms with E-state index in [2.05, 4.69) is 42.5 Å². The molecular formula is C31H27O5S-. The lowest BCUT2D eigenvalue weighted by Gasteiger charge is -2.44. The second kappa shape index (κ2) is 8.54. The summed E-state index contributed by atoms with van der Waals surface area (Å²) >= 11 is 0. The van der Waals surface area contributed by atoms with Crippen molar-refractivity contribution in [2.75, 3.05) is 0 Å². The lowest BCUT2D eigenvalue weighted by molar-refractivity contribution is -0.140. The molecule has 4 aromatic carbocycles. The first kappa shape index (κ1) is 23.9. The van der Waals surface area contributed by atoms with Crippen LogP contribution in [-0.4, -0.2) is 18.9 Å². The molecule has 2 bridgehead atoms. The van der Waals surface area contributed by atoms with E-state index in [9.17, 15) is 17.8 Å². The van der Waals surface area contributed by atoms with Gasteiger partial charge in [-0.3, -0.25) is 4.79 Å². The summed E-state index contributed by atoms with van der Waals surface area (Å²) in [7, 11) is -4.65. The summed E-state index contributed by atoms with van der Waals surface area (Å²) in [6.07, 6.45) is 0.648. The van der Waals surface area contributed by atoms with Crippen molar-refractivity contribution in [1.29, 1.82) is 0 Å². The zero-order valence-electron chi connectivity index (χ0n) is 20.9. The maximum absolute atomic E-state index is 13.8. The van der Waals surface area contributed by atoms with E-state index >= 15 is 0 Å². The van der Waals surface area contributed by atoms with Crippen LogP contribution in [0.1, 0.15) is 71.4 Å². The van der Waals surface area contributed by atoms with E-state index in [-0.39, 0.29) is 34.5 Å². The Labute approximate surface area is 216 Å². The molecule has 37 heavy (non-hydrogen) atoms. The molecule has 5 nitrogen and oxygen atoms in total. The molecule has 3 unspecified atom stereocenters. The standard InChI is InChI=1S/C31H28O5S/c1-17(2)23-16-28(18(3)12-29(23)37(33,34)35)36-31(32)27-15-25-21-10-6-7-11-22(21)30(27)26-14-20-9-5-4-8-19(20)13-24(25)26/h4-14,16-17,25,27,30H,15H2,1-3H3,(H,33,34,35)/p-1. The molecule has 7 rings (SSSR count). The molecule has 0 N–H and O–H groups in total. The minimum Gasteiger partial charge on any atom is -0.744 e. The monoisotopic (exact) mass is 511 g/mol. The lowest BCUT2D eigenvalue weighted by Crippen LogP contribution is -2.38. The van der Waals surface area contributed by atoms with Gasteiger partial charge in [0.2, 0.25) is 0 Å². The second-order valence-corrected chi connectivity index (χ2v) is 11.9. The van der Waals surface area contributed by atoms with Gasteiger partial charge >= 0.3 is 5.97 Å². The van der Waals surface area contributed by atoms with Crippen molar-refractivity contribution in [1.82, 2.24) is 0 Å². The van der Waals surface area contributed by atoms with Crippen LogP contribution in [0.3, 0.4) is 0 Å². The van der Waals surface area contributed by atoms with Gasteiger partial charge in [-0.25, -0.2) is 8.42 Å². The number of aryl methyl sites for hydroxylation is 1. The van der Waals surface area contributed by atoms with Crippen LogP contribution in [-0.2, 0) is 14.9 Å². The molecular weight excluding hydrogens is 484 g/mol. The maximum Gasteiger partial charge on any atom is 0.315 e. The number of carbonyl (C=O) groups is 1. The molecule has 0 amide bonds. The largest absolute Gasteiger partial charge is 0.744 e. The molecule has 0 radical (unpaired) electrons. The summed E-state index contributed by atoms with van der Waals surface area (Å²) in [5, 5.41) is 2.33. The minimum atomic E-state index is -4.65. The van der Waals surface area contributed by atoms with Crippen LogP contribution in [0.25, 0.3) is 10.8 Å². The molecule has 0 aliphatic heterocycles. The molecule has 0 saturated heterocycles. The Hall–Kier alpha value is -3.48. The number of hydrogen-bond donors (Lipinski definition) is 0. The van der Waals surface area contributed by atoms with Crippen LogP contribution in [0.2, 0.25) is 0 Å². The summed E-state index contributed by atoms with van der Waals surface area (Å²) in [6.45, 7) is 5.28. The van der Waals surface area contributed by atoms with Crippen molar-refractivity contribution in [3.8, 4) is 5.75 Å².